The van der Waals surface area contributed by atoms with Crippen molar-refractivity contribution in [2.75, 3.05) is 0 Å². The zero-order valence-electron chi connectivity index (χ0n) is 10.8. The van der Waals surface area contributed by atoms with Gasteiger partial charge in [-0.15, -0.1) is 0 Å². The number of hydrogen-bond acceptors (Lipinski definition) is 0. The van der Waals surface area contributed by atoms with Crippen molar-refractivity contribution in [3.05, 3.63) is 0 Å². The van der Waals surface area contributed by atoms with Crippen molar-refractivity contribution < 1.29 is 0 Å². The Morgan fingerprint density at radius 3 is 2.07 bits per heavy atom. The fourth-order valence-corrected chi connectivity index (χ4v) is 3.05. The van der Waals surface area contributed by atoms with E-state index < -0.39 is 0 Å². The molecule has 0 heteroatoms. The summed E-state index contributed by atoms with van der Waals surface area (Å²) in [5.41, 5.74) is 0.619. The fraction of sp³-hybridized carbons (Fsp3) is 1.00. The molecule has 0 aromatic heterocycles. The van der Waals surface area contributed by atoms with Crippen LogP contribution in [0.15, 0.2) is 0 Å². The van der Waals surface area contributed by atoms with Crippen molar-refractivity contribution in [2.45, 2.75) is 66.7 Å². The summed E-state index contributed by atoms with van der Waals surface area (Å²) in [6.07, 6.45) is 7.16. The first kappa shape index (κ1) is 12.1. The van der Waals surface area contributed by atoms with Crippen LogP contribution in [0.3, 0.4) is 0 Å². The molecule has 84 valence electrons. The highest BCUT2D eigenvalue weighted by molar-refractivity contribution is 4.91. The lowest BCUT2D eigenvalue weighted by Crippen LogP contribution is -2.39. The molecule has 0 saturated heterocycles. The Bertz CT molecular complexity index is 169. The van der Waals surface area contributed by atoms with E-state index in [-0.39, 0.29) is 0 Å². The number of rotatable bonds is 5. The Hall–Kier alpha value is 0. The van der Waals surface area contributed by atoms with Gasteiger partial charge in [-0.3, -0.25) is 0 Å². The van der Waals surface area contributed by atoms with Crippen molar-refractivity contribution in [3.8, 4) is 0 Å². The predicted molar refractivity (Wildman–Crippen MR) is 64.4 cm³/mol. The fourth-order valence-electron chi connectivity index (χ4n) is 3.05. The monoisotopic (exact) mass is 196 g/mol. The highest BCUT2D eigenvalue weighted by Crippen LogP contribution is 2.51. The third kappa shape index (κ3) is 1.99. The third-order valence-electron chi connectivity index (χ3n) is 5.34. The smallest absolute Gasteiger partial charge is 0.0272 e. The normalized spacial score (nSPS) is 26.4. The van der Waals surface area contributed by atoms with Crippen LogP contribution in [-0.2, 0) is 0 Å². The highest BCUT2D eigenvalue weighted by atomic mass is 14.5. The molecule has 0 radical (unpaired) electrons. The maximum atomic E-state index is 2.54. The Balaban J connectivity index is 2.66. The van der Waals surface area contributed by atoms with Crippen LogP contribution in [-0.4, -0.2) is 0 Å². The Labute approximate surface area is 90.5 Å². The Kier molecular flexibility index (Phi) is 4.04. The summed E-state index contributed by atoms with van der Waals surface area (Å²) in [7, 11) is 0. The third-order valence-corrected chi connectivity index (χ3v) is 5.34. The minimum Gasteiger partial charge on any atom is -0.0651 e. The van der Waals surface area contributed by atoms with Crippen LogP contribution in [0.4, 0.5) is 0 Å². The van der Waals surface area contributed by atoms with E-state index in [1.165, 1.54) is 32.1 Å². The first-order valence-corrected chi connectivity index (χ1v) is 6.56. The maximum Gasteiger partial charge on any atom is -0.0272 e. The minimum absolute atomic E-state index is 0.619. The molecule has 0 aliphatic heterocycles. The molecule has 0 N–H and O–H groups in total. The van der Waals surface area contributed by atoms with E-state index in [2.05, 4.69) is 34.6 Å². The van der Waals surface area contributed by atoms with Crippen LogP contribution >= 0.6 is 0 Å². The molecule has 0 aromatic carbocycles. The van der Waals surface area contributed by atoms with Crippen LogP contribution in [0, 0.1) is 23.2 Å². The second kappa shape index (κ2) is 4.68. The molecule has 0 amide bonds. The second-order valence-corrected chi connectivity index (χ2v) is 5.66. The van der Waals surface area contributed by atoms with Gasteiger partial charge in [0.2, 0.25) is 0 Å². The van der Waals surface area contributed by atoms with E-state index in [0.29, 0.717) is 5.41 Å². The Morgan fingerprint density at radius 1 is 1.21 bits per heavy atom. The van der Waals surface area contributed by atoms with Gasteiger partial charge in [-0.05, 0) is 36.0 Å². The van der Waals surface area contributed by atoms with E-state index in [1.54, 1.807) is 0 Å². The maximum absolute atomic E-state index is 2.54. The minimum atomic E-state index is 0.619. The summed E-state index contributed by atoms with van der Waals surface area (Å²) in [6.45, 7) is 12.2. The summed E-state index contributed by atoms with van der Waals surface area (Å²) >= 11 is 0. The SMILES string of the molecule is CCC(C)C(C)C(C)(CC)C1CCC1. The molecule has 0 heterocycles. The van der Waals surface area contributed by atoms with Gasteiger partial charge in [0.15, 0.2) is 0 Å². The first-order chi connectivity index (χ1) is 6.56. The van der Waals surface area contributed by atoms with Crippen LogP contribution in [0.25, 0.3) is 0 Å². The molecule has 1 fully saturated rings. The van der Waals surface area contributed by atoms with Crippen molar-refractivity contribution >= 4 is 0 Å². The lowest BCUT2D eigenvalue weighted by molar-refractivity contribution is 0.0141. The molecule has 0 spiro atoms. The zero-order valence-corrected chi connectivity index (χ0v) is 10.8. The zero-order chi connectivity index (χ0) is 10.8. The van der Waals surface area contributed by atoms with Gasteiger partial charge in [-0.1, -0.05) is 53.9 Å². The van der Waals surface area contributed by atoms with Crippen LogP contribution in [0.5, 0.6) is 0 Å². The van der Waals surface area contributed by atoms with Crippen LogP contribution in [0.2, 0.25) is 0 Å². The van der Waals surface area contributed by atoms with Gasteiger partial charge in [0, 0.05) is 0 Å². The van der Waals surface area contributed by atoms with Crippen LogP contribution < -0.4 is 0 Å². The summed E-state index contributed by atoms with van der Waals surface area (Å²) in [4.78, 5) is 0. The topological polar surface area (TPSA) is 0 Å². The van der Waals surface area contributed by atoms with E-state index in [9.17, 15) is 0 Å². The van der Waals surface area contributed by atoms with Gasteiger partial charge in [0.05, 0.1) is 0 Å². The second-order valence-electron chi connectivity index (χ2n) is 5.66. The van der Waals surface area contributed by atoms with E-state index in [0.717, 1.165) is 17.8 Å². The summed E-state index contributed by atoms with van der Waals surface area (Å²) in [5, 5.41) is 0. The van der Waals surface area contributed by atoms with Crippen molar-refractivity contribution in [1.82, 2.24) is 0 Å². The van der Waals surface area contributed by atoms with Gasteiger partial charge in [-0.2, -0.15) is 0 Å². The molecule has 3 unspecified atom stereocenters. The van der Waals surface area contributed by atoms with Gasteiger partial charge in [0.25, 0.3) is 0 Å². The largest absolute Gasteiger partial charge is 0.0651 e. The summed E-state index contributed by atoms with van der Waals surface area (Å²) in [6, 6.07) is 0. The van der Waals surface area contributed by atoms with Gasteiger partial charge in [0.1, 0.15) is 0 Å². The van der Waals surface area contributed by atoms with Gasteiger partial charge >= 0.3 is 0 Å². The molecule has 14 heavy (non-hydrogen) atoms. The van der Waals surface area contributed by atoms with Gasteiger partial charge in [-0.25, -0.2) is 0 Å². The molecule has 0 nitrogen and oxygen atoms in total. The molecule has 1 saturated carbocycles. The first-order valence-electron chi connectivity index (χ1n) is 6.56. The van der Waals surface area contributed by atoms with Crippen molar-refractivity contribution in [2.24, 2.45) is 23.2 Å². The molecular formula is C14H28. The van der Waals surface area contributed by atoms with E-state index in [1.807, 2.05) is 0 Å². The highest BCUT2D eigenvalue weighted by Gasteiger charge is 2.41. The van der Waals surface area contributed by atoms with E-state index >= 15 is 0 Å². The molecule has 1 rings (SSSR count). The molecule has 0 bridgehead atoms. The molecule has 1 aliphatic rings. The molecular weight excluding hydrogens is 168 g/mol. The molecule has 1 aliphatic carbocycles. The van der Waals surface area contributed by atoms with Crippen molar-refractivity contribution in [1.29, 1.82) is 0 Å². The quantitative estimate of drug-likeness (QED) is 0.587. The average Bonchev–Trinajstić information content (AvgIpc) is 2.12. The van der Waals surface area contributed by atoms with Crippen molar-refractivity contribution in [3.63, 3.8) is 0 Å². The molecule has 0 aromatic rings. The number of hydrogen-bond donors (Lipinski definition) is 0. The van der Waals surface area contributed by atoms with E-state index in [4.69, 9.17) is 0 Å². The van der Waals surface area contributed by atoms with Gasteiger partial charge < -0.3 is 0 Å². The lowest BCUT2D eigenvalue weighted by Gasteiger charge is -2.48. The lowest BCUT2D eigenvalue weighted by atomic mass is 9.57. The standard InChI is InChI=1S/C14H28/c1-6-11(3)12(4)14(5,7-2)13-9-8-10-13/h11-13H,6-10H2,1-5H3. The Morgan fingerprint density at radius 2 is 1.79 bits per heavy atom. The summed E-state index contributed by atoms with van der Waals surface area (Å²) in [5.74, 6) is 2.81. The van der Waals surface area contributed by atoms with Crippen LogP contribution in [0.1, 0.15) is 66.7 Å². The average molecular weight is 196 g/mol. The molecule has 3 atom stereocenters. The predicted octanol–water partition coefficient (Wildman–Crippen LogP) is 4.89. The summed E-state index contributed by atoms with van der Waals surface area (Å²) < 4.78 is 0.